The van der Waals surface area contributed by atoms with E-state index in [1.807, 2.05) is 0 Å². The highest BCUT2D eigenvalue weighted by atomic mass is 16.5. The molecule has 0 bridgehead atoms. The zero-order chi connectivity index (χ0) is 38.2. The molecule has 7 heteroatoms. The molecule has 0 heterocycles. The van der Waals surface area contributed by atoms with Gasteiger partial charge in [0.1, 0.15) is 12.1 Å². The van der Waals surface area contributed by atoms with E-state index in [1.54, 1.807) is 0 Å². The fourth-order valence-electron chi connectivity index (χ4n) is 7.22. The molecular weight excluding hydrogens is 649 g/mol. The second kappa shape index (κ2) is 40.6. The van der Waals surface area contributed by atoms with Gasteiger partial charge in [-0.15, -0.1) is 0 Å². The second-order valence-corrected chi connectivity index (χ2v) is 15.8. The van der Waals surface area contributed by atoms with Crippen LogP contribution in [0.5, 0.6) is 0 Å². The van der Waals surface area contributed by atoms with Crippen LogP contribution in [0, 0.1) is 0 Å². The number of carbonyl (C=O) groups excluding carboxylic acids is 2. The summed E-state index contributed by atoms with van der Waals surface area (Å²) in [6.07, 6.45) is 42.9. The number of unbranched alkanes of at least 4 members (excludes halogenated alkanes) is 28. The number of aliphatic carboxylic acids is 1. The van der Waals surface area contributed by atoms with E-state index in [9.17, 15) is 19.5 Å². The van der Waals surface area contributed by atoms with Gasteiger partial charge in [0.2, 0.25) is 5.91 Å². The number of hydrogen-bond acceptors (Lipinski definition) is 5. The highest BCUT2D eigenvalue weighted by Gasteiger charge is 2.19. The van der Waals surface area contributed by atoms with Crippen molar-refractivity contribution in [1.29, 1.82) is 0 Å². The Bertz CT molecular complexity index is 792. The van der Waals surface area contributed by atoms with Crippen molar-refractivity contribution in [3.05, 3.63) is 0 Å². The van der Waals surface area contributed by atoms with Gasteiger partial charge in [0.15, 0.2) is 0 Å². The van der Waals surface area contributed by atoms with Crippen molar-refractivity contribution in [3.8, 4) is 0 Å². The van der Waals surface area contributed by atoms with Crippen molar-refractivity contribution in [3.63, 3.8) is 0 Å². The summed E-state index contributed by atoms with van der Waals surface area (Å²) in [6.45, 7) is 4.97. The summed E-state index contributed by atoms with van der Waals surface area (Å²) >= 11 is 0. The van der Waals surface area contributed by atoms with E-state index in [0.717, 1.165) is 64.2 Å². The van der Waals surface area contributed by atoms with Crippen LogP contribution in [0.3, 0.4) is 0 Å². The van der Waals surface area contributed by atoms with Crippen LogP contribution < -0.4 is 11.1 Å². The molecule has 0 aromatic rings. The summed E-state index contributed by atoms with van der Waals surface area (Å²) in [5.41, 5.74) is 5.49. The molecule has 0 spiro atoms. The number of carboxylic acid groups (broad SMARTS) is 1. The Hall–Kier alpha value is -1.63. The number of carbonyl (C=O) groups is 3. The van der Waals surface area contributed by atoms with Gasteiger partial charge in [-0.05, 0) is 57.9 Å². The summed E-state index contributed by atoms with van der Waals surface area (Å²) in [5, 5.41) is 11.9. The van der Waals surface area contributed by atoms with E-state index < -0.39 is 12.0 Å². The number of rotatable bonds is 42. The smallest absolute Gasteiger partial charge is 0.326 e. The first kappa shape index (κ1) is 50.4. The normalized spacial score (nSPS) is 12.5. The molecule has 0 rings (SSSR count). The number of amides is 1. The SMILES string of the molecule is CCCCCCCCCCCCCCCCC(=O)OC(CCCCCCCCCCCCCC)CCCCCCCC(=O)NC(CCCN)C(=O)O. The molecule has 2 unspecified atom stereocenters. The predicted octanol–water partition coefficient (Wildman–Crippen LogP) is 12.9. The number of carboxylic acids is 1. The number of hydrogen-bond donors (Lipinski definition) is 3. The van der Waals surface area contributed by atoms with E-state index in [-0.39, 0.29) is 18.0 Å². The summed E-state index contributed by atoms with van der Waals surface area (Å²) in [7, 11) is 0. The van der Waals surface area contributed by atoms with Crippen molar-refractivity contribution >= 4 is 17.8 Å². The average Bonchev–Trinajstić information content (AvgIpc) is 3.13. The second-order valence-electron chi connectivity index (χ2n) is 15.8. The molecular formula is C45H88N2O5. The molecule has 0 aliphatic rings. The fourth-order valence-corrected chi connectivity index (χ4v) is 7.22. The van der Waals surface area contributed by atoms with Crippen LogP contribution in [0.1, 0.15) is 251 Å². The lowest BCUT2D eigenvalue weighted by molar-refractivity contribution is -0.150. The first-order chi connectivity index (χ1) is 25.4. The molecule has 0 fully saturated rings. The van der Waals surface area contributed by atoms with Gasteiger partial charge in [-0.25, -0.2) is 4.79 Å². The maximum atomic E-state index is 12.8. The summed E-state index contributed by atoms with van der Waals surface area (Å²) < 4.78 is 6.06. The molecule has 0 aromatic heterocycles. The van der Waals surface area contributed by atoms with E-state index in [2.05, 4.69) is 19.2 Å². The number of ether oxygens (including phenoxy) is 1. The van der Waals surface area contributed by atoms with E-state index in [1.165, 1.54) is 148 Å². The van der Waals surface area contributed by atoms with Crippen LogP contribution in [0.2, 0.25) is 0 Å². The van der Waals surface area contributed by atoms with Crippen molar-refractivity contribution in [1.82, 2.24) is 5.32 Å². The Balaban J connectivity index is 4.26. The predicted molar refractivity (Wildman–Crippen MR) is 221 cm³/mol. The number of nitrogens with two attached hydrogens (primary N) is 1. The Labute approximate surface area is 322 Å². The third-order valence-corrected chi connectivity index (χ3v) is 10.7. The van der Waals surface area contributed by atoms with Gasteiger partial charge < -0.3 is 20.9 Å². The van der Waals surface area contributed by atoms with E-state index in [4.69, 9.17) is 10.5 Å². The number of esters is 1. The van der Waals surface area contributed by atoms with Gasteiger partial charge >= 0.3 is 11.9 Å². The Morgan fingerprint density at radius 2 is 0.827 bits per heavy atom. The number of nitrogens with one attached hydrogen (secondary N) is 1. The van der Waals surface area contributed by atoms with Gasteiger partial charge in [-0.1, -0.05) is 187 Å². The molecule has 7 nitrogen and oxygen atoms in total. The Morgan fingerprint density at radius 1 is 0.481 bits per heavy atom. The summed E-state index contributed by atoms with van der Waals surface area (Å²) in [5.74, 6) is -1.21. The largest absolute Gasteiger partial charge is 0.480 e. The maximum absolute atomic E-state index is 12.8. The zero-order valence-corrected chi connectivity index (χ0v) is 34.7. The van der Waals surface area contributed by atoms with Gasteiger partial charge in [0.25, 0.3) is 0 Å². The van der Waals surface area contributed by atoms with Crippen molar-refractivity contribution in [2.75, 3.05) is 6.54 Å². The summed E-state index contributed by atoms with van der Waals surface area (Å²) in [6, 6.07) is -0.852. The summed E-state index contributed by atoms with van der Waals surface area (Å²) in [4.78, 5) is 36.4. The van der Waals surface area contributed by atoms with Crippen LogP contribution in [0.25, 0.3) is 0 Å². The van der Waals surface area contributed by atoms with Gasteiger partial charge in [0, 0.05) is 12.8 Å². The third kappa shape index (κ3) is 36.7. The van der Waals surface area contributed by atoms with E-state index >= 15 is 0 Å². The van der Waals surface area contributed by atoms with Crippen LogP contribution in [0.15, 0.2) is 0 Å². The Morgan fingerprint density at radius 3 is 1.19 bits per heavy atom. The molecule has 0 aliphatic carbocycles. The van der Waals surface area contributed by atoms with Crippen LogP contribution in [0.4, 0.5) is 0 Å². The molecule has 0 saturated carbocycles. The molecule has 52 heavy (non-hydrogen) atoms. The van der Waals surface area contributed by atoms with E-state index in [0.29, 0.717) is 32.2 Å². The lowest BCUT2D eigenvalue weighted by Crippen LogP contribution is -2.40. The highest BCUT2D eigenvalue weighted by Crippen LogP contribution is 2.19. The monoisotopic (exact) mass is 737 g/mol. The van der Waals surface area contributed by atoms with Crippen molar-refractivity contribution in [2.45, 2.75) is 264 Å². The minimum Gasteiger partial charge on any atom is -0.480 e. The molecule has 0 aliphatic heterocycles. The quantitative estimate of drug-likeness (QED) is 0.0424. The molecule has 1 amide bonds. The molecule has 0 saturated heterocycles. The van der Waals surface area contributed by atoms with Gasteiger partial charge in [0.05, 0.1) is 0 Å². The minimum absolute atomic E-state index is 0.0139. The lowest BCUT2D eigenvalue weighted by atomic mass is 10.0. The third-order valence-electron chi connectivity index (χ3n) is 10.7. The van der Waals surface area contributed by atoms with Gasteiger partial charge in [-0.2, -0.15) is 0 Å². The topological polar surface area (TPSA) is 119 Å². The fraction of sp³-hybridized carbons (Fsp3) is 0.933. The van der Waals surface area contributed by atoms with Crippen LogP contribution >= 0.6 is 0 Å². The van der Waals surface area contributed by atoms with Crippen LogP contribution in [-0.4, -0.2) is 41.6 Å². The Kier molecular flexibility index (Phi) is 39.3. The standard InChI is InChI=1S/C45H88N2O5/c1-3-5-7-9-11-13-15-17-18-20-22-24-29-33-39-44(49)52-41(35-30-26-23-21-19-16-14-12-10-8-6-4-2)36-31-27-25-28-32-38-43(48)47-42(45(50)51)37-34-40-46/h41-42H,3-40,46H2,1-2H3,(H,47,48)(H,50,51). The molecule has 4 N–H and O–H groups in total. The molecule has 2 atom stereocenters. The average molecular weight is 737 g/mol. The molecule has 0 aromatic carbocycles. The molecule has 0 radical (unpaired) electrons. The first-order valence-electron chi connectivity index (χ1n) is 22.9. The van der Waals surface area contributed by atoms with Crippen molar-refractivity contribution in [2.24, 2.45) is 5.73 Å². The lowest BCUT2D eigenvalue weighted by Gasteiger charge is -2.18. The van der Waals surface area contributed by atoms with Crippen molar-refractivity contribution < 1.29 is 24.2 Å². The van der Waals surface area contributed by atoms with Crippen LogP contribution in [-0.2, 0) is 19.1 Å². The van der Waals surface area contributed by atoms with Gasteiger partial charge in [-0.3, -0.25) is 9.59 Å². The zero-order valence-electron chi connectivity index (χ0n) is 34.7. The molecule has 308 valence electrons. The first-order valence-corrected chi connectivity index (χ1v) is 22.9. The highest BCUT2D eigenvalue weighted by molar-refractivity contribution is 5.83. The minimum atomic E-state index is -1.000. The maximum Gasteiger partial charge on any atom is 0.326 e.